The first-order valence-corrected chi connectivity index (χ1v) is 9.69. The van der Waals surface area contributed by atoms with E-state index in [1.165, 1.54) is 17.7 Å². The summed E-state index contributed by atoms with van der Waals surface area (Å²) in [7, 11) is 0. The molecule has 0 unspecified atom stereocenters. The van der Waals surface area contributed by atoms with E-state index in [1.807, 2.05) is 48.7 Å². The molecule has 31 heavy (non-hydrogen) atoms. The predicted molar refractivity (Wildman–Crippen MR) is 119 cm³/mol. The Hall–Kier alpha value is -2.86. The first-order chi connectivity index (χ1) is 14.5. The smallest absolute Gasteiger partial charge is 0.220 e. The zero-order chi connectivity index (χ0) is 21.8. The maximum atomic E-state index is 11.0. The summed E-state index contributed by atoms with van der Waals surface area (Å²) >= 11 is 0. The van der Waals surface area contributed by atoms with Crippen molar-refractivity contribution in [3.05, 3.63) is 78.7 Å². The van der Waals surface area contributed by atoms with Crippen LogP contribution >= 0.6 is 0 Å². The molecule has 1 amide bonds. The molecule has 0 saturated heterocycles. The van der Waals surface area contributed by atoms with Gasteiger partial charge in [-0.15, -0.1) is 35.9 Å². The number of amides is 1. The normalized spacial score (nSPS) is 10.5. The van der Waals surface area contributed by atoms with Crippen molar-refractivity contribution in [2.75, 3.05) is 13.1 Å². The number of pyridine rings is 1. The predicted octanol–water partition coefficient (Wildman–Crippen LogP) is 3.57. The van der Waals surface area contributed by atoms with E-state index in [-0.39, 0.29) is 50.4 Å². The fraction of sp³-hybridized carbons (Fsp3) is 0.208. The zero-order valence-corrected chi connectivity index (χ0v) is 19.7. The van der Waals surface area contributed by atoms with E-state index >= 15 is 0 Å². The average molecular weight is 597 g/mol. The average Bonchev–Trinajstić information content (AvgIpc) is 2.76. The number of aliphatic hydroxyl groups excluding tert-OH is 1. The summed E-state index contributed by atoms with van der Waals surface area (Å²) in [6, 6.07) is 21.4. The van der Waals surface area contributed by atoms with E-state index < -0.39 is 0 Å². The Morgan fingerprint density at radius 3 is 2.55 bits per heavy atom. The molecule has 3 aromatic rings. The Kier molecular flexibility index (Phi) is 12.0. The SMILES string of the molecule is CC(O)=CC(=O)CCC(=O)NCCN.[Ir].[c-]1ccccc1-c1nccc2ccccc12. The van der Waals surface area contributed by atoms with Gasteiger partial charge in [-0.05, 0) is 29.5 Å². The molecule has 4 N–H and O–H groups in total. The first kappa shape index (κ1) is 26.2. The summed E-state index contributed by atoms with van der Waals surface area (Å²) < 4.78 is 0. The number of nitrogens with one attached hydrogen (secondary N) is 1. The summed E-state index contributed by atoms with van der Waals surface area (Å²) in [5.41, 5.74) is 7.21. The summed E-state index contributed by atoms with van der Waals surface area (Å²) in [5.74, 6) is -0.502. The van der Waals surface area contributed by atoms with Gasteiger partial charge >= 0.3 is 0 Å². The number of allylic oxidation sites excluding steroid dienone is 2. The summed E-state index contributed by atoms with van der Waals surface area (Å²) in [5, 5.41) is 13.7. The van der Waals surface area contributed by atoms with E-state index in [0.717, 1.165) is 17.3 Å². The van der Waals surface area contributed by atoms with Gasteiger partial charge in [-0.1, -0.05) is 24.3 Å². The van der Waals surface area contributed by atoms with E-state index in [0.29, 0.717) is 13.1 Å². The van der Waals surface area contributed by atoms with Crippen LogP contribution in [-0.4, -0.2) is 34.9 Å². The number of carbonyl (C=O) groups is 2. The Labute approximate surface area is 195 Å². The molecule has 0 saturated carbocycles. The van der Waals surface area contributed by atoms with Gasteiger partial charge in [-0.3, -0.25) is 9.59 Å². The van der Waals surface area contributed by atoms with Crippen LogP contribution in [0.2, 0.25) is 0 Å². The van der Waals surface area contributed by atoms with Crippen LogP contribution in [0.4, 0.5) is 0 Å². The van der Waals surface area contributed by atoms with Gasteiger partial charge in [0.05, 0.1) is 5.76 Å². The molecule has 7 heteroatoms. The van der Waals surface area contributed by atoms with E-state index in [9.17, 15) is 9.59 Å². The number of benzene rings is 2. The summed E-state index contributed by atoms with van der Waals surface area (Å²) in [4.78, 5) is 26.4. The van der Waals surface area contributed by atoms with Crippen LogP contribution in [-0.2, 0) is 29.7 Å². The Morgan fingerprint density at radius 2 is 1.87 bits per heavy atom. The molecule has 2 aromatic carbocycles. The Morgan fingerprint density at radius 1 is 1.13 bits per heavy atom. The minimum absolute atomic E-state index is 0. The Bertz CT molecular complexity index is 998. The van der Waals surface area contributed by atoms with Gasteiger partial charge in [0.1, 0.15) is 0 Å². The molecule has 0 aliphatic rings. The van der Waals surface area contributed by atoms with Gasteiger partial charge in [0, 0.05) is 58.3 Å². The number of nitrogens with two attached hydrogens (primary N) is 1. The van der Waals surface area contributed by atoms with Gasteiger partial charge < -0.3 is 21.1 Å². The van der Waals surface area contributed by atoms with E-state index in [4.69, 9.17) is 10.8 Å². The molecule has 0 bridgehead atoms. The minimum Gasteiger partial charge on any atom is -0.512 e. The second kappa shape index (κ2) is 14.2. The van der Waals surface area contributed by atoms with Crippen molar-refractivity contribution in [3.63, 3.8) is 0 Å². The fourth-order valence-electron chi connectivity index (χ4n) is 2.72. The van der Waals surface area contributed by atoms with Crippen LogP contribution in [0.15, 0.2) is 72.6 Å². The maximum absolute atomic E-state index is 11.0. The van der Waals surface area contributed by atoms with Crippen molar-refractivity contribution in [2.24, 2.45) is 5.73 Å². The van der Waals surface area contributed by atoms with Gasteiger partial charge in [0.25, 0.3) is 0 Å². The number of rotatable bonds is 7. The largest absolute Gasteiger partial charge is 0.512 e. The van der Waals surface area contributed by atoms with Crippen LogP contribution in [0.3, 0.4) is 0 Å². The van der Waals surface area contributed by atoms with Crippen molar-refractivity contribution >= 4 is 22.5 Å². The zero-order valence-electron chi connectivity index (χ0n) is 17.3. The van der Waals surface area contributed by atoms with Crippen molar-refractivity contribution in [1.82, 2.24) is 10.3 Å². The second-order valence-electron chi connectivity index (χ2n) is 6.55. The Balaban J connectivity index is 0.000000305. The number of hydrogen-bond donors (Lipinski definition) is 3. The van der Waals surface area contributed by atoms with Gasteiger partial charge in [-0.2, -0.15) is 0 Å². The van der Waals surface area contributed by atoms with Crippen LogP contribution in [0.5, 0.6) is 0 Å². The number of carbonyl (C=O) groups excluding carboxylic acids is 2. The minimum atomic E-state index is -0.257. The van der Waals surface area contributed by atoms with Gasteiger partial charge in [-0.25, -0.2) is 0 Å². The maximum Gasteiger partial charge on any atom is 0.220 e. The van der Waals surface area contributed by atoms with Gasteiger partial charge in [0.2, 0.25) is 5.91 Å². The third kappa shape index (κ3) is 9.22. The fourth-order valence-corrected chi connectivity index (χ4v) is 2.72. The number of fused-ring (bicyclic) bond motifs is 1. The third-order valence-corrected chi connectivity index (χ3v) is 4.07. The van der Waals surface area contributed by atoms with Crippen molar-refractivity contribution < 1.29 is 34.8 Å². The van der Waals surface area contributed by atoms with Crippen LogP contribution in [0.25, 0.3) is 22.0 Å². The monoisotopic (exact) mass is 597 g/mol. The molecule has 0 aliphatic heterocycles. The van der Waals surface area contributed by atoms with E-state index in [2.05, 4.69) is 28.5 Å². The first-order valence-electron chi connectivity index (χ1n) is 9.69. The molecule has 1 heterocycles. The van der Waals surface area contributed by atoms with Crippen LogP contribution < -0.4 is 11.1 Å². The molecule has 1 aromatic heterocycles. The number of aliphatic hydroxyl groups is 1. The molecule has 0 aliphatic carbocycles. The molecular weight excluding hydrogens is 570 g/mol. The van der Waals surface area contributed by atoms with Crippen molar-refractivity contribution in [1.29, 1.82) is 0 Å². The molecule has 0 fully saturated rings. The summed E-state index contributed by atoms with van der Waals surface area (Å²) in [6.45, 7) is 2.21. The van der Waals surface area contributed by atoms with Gasteiger partial charge in [0.15, 0.2) is 5.78 Å². The van der Waals surface area contributed by atoms with Crippen molar-refractivity contribution in [2.45, 2.75) is 19.8 Å². The molecule has 0 atom stereocenters. The number of hydrogen-bond acceptors (Lipinski definition) is 5. The molecule has 0 spiro atoms. The molecule has 6 nitrogen and oxygen atoms in total. The van der Waals surface area contributed by atoms with Crippen LogP contribution in [0, 0.1) is 6.07 Å². The number of ketones is 1. The topological polar surface area (TPSA) is 105 Å². The molecule has 3 rings (SSSR count). The standard InChI is InChI=1S/C15H10N.C9H16N2O3.Ir/c1-2-7-13(8-3-1)15-14-9-5-4-6-12(14)10-11-16-15;1-7(12)6-8(13)2-3-9(14)11-5-4-10;/h1-7,9-11H;6,12H,2-5,10H2,1H3,(H,11,14);/q-1;;. The molecular formula is C24H26IrN3O3-. The van der Waals surface area contributed by atoms with Crippen molar-refractivity contribution in [3.8, 4) is 11.3 Å². The third-order valence-electron chi connectivity index (χ3n) is 4.07. The van der Waals surface area contributed by atoms with Crippen LogP contribution in [0.1, 0.15) is 19.8 Å². The quantitative estimate of drug-likeness (QED) is 0.220. The number of aromatic nitrogens is 1. The molecule has 1 radical (unpaired) electrons. The summed E-state index contributed by atoms with van der Waals surface area (Å²) in [6.07, 6.45) is 3.19. The second-order valence-corrected chi connectivity index (χ2v) is 6.55. The number of nitrogens with zero attached hydrogens (tertiary/aromatic N) is 1. The van der Waals surface area contributed by atoms with E-state index in [1.54, 1.807) is 0 Å². The molecule has 165 valence electrons.